The molecule has 0 unspecified atom stereocenters. The first-order chi connectivity index (χ1) is 11.8. The third kappa shape index (κ3) is 19.7. The average molecular weight is 326 g/mol. The van der Waals surface area contributed by atoms with Crippen LogP contribution in [-0.2, 0) is 4.79 Å². The number of hydrogen-bond acceptors (Lipinski definition) is 1. The van der Waals surface area contributed by atoms with Crippen LogP contribution in [-0.4, -0.2) is 11.1 Å². The number of hydrogen-bond donors (Lipinski definition) is 1. The lowest BCUT2D eigenvalue weighted by atomic mass is 10.2. The zero-order chi connectivity index (χ0) is 17.7. The summed E-state index contributed by atoms with van der Waals surface area (Å²) in [6.07, 6.45) is 33.5. The maximum Gasteiger partial charge on any atom is 0.303 e. The van der Waals surface area contributed by atoms with Crippen molar-refractivity contribution in [2.75, 3.05) is 0 Å². The SMILES string of the molecule is CC/C=C\C/C=C\C\C=C/C=C/C=C/C=C\C/C=C\CCC(=O)O. The van der Waals surface area contributed by atoms with E-state index in [2.05, 4.69) is 37.3 Å². The van der Waals surface area contributed by atoms with Crippen molar-refractivity contribution < 1.29 is 9.90 Å². The Labute approximate surface area is 147 Å². The van der Waals surface area contributed by atoms with E-state index in [1.165, 1.54) is 0 Å². The predicted molar refractivity (Wildman–Crippen MR) is 105 cm³/mol. The van der Waals surface area contributed by atoms with Gasteiger partial charge in [-0.15, -0.1) is 0 Å². The van der Waals surface area contributed by atoms with Gasteiger partial charge in [0, 0.05) is 6.42 Å². The van der Waals surface area contributed by atoms with Crippen LogP contribution in [0.25, 0.3) is 0 Å². The monoisotopic (exact) mass is 326 g/mol. The van der Waals surface area contributed by atoms with E-state index in [0.717, 1.165) is 25.7 Å². The molecule has 0 bridgehead atoms. The molecule has 0 heterocycles. The van der Waals surface area contributed by atoms with Crippen molar-refractivity contribution in [1.82, 2.24) is 0 Å². The summed E-state index contributed by atoms with van der Waals surface area (Å²) in [6.45, 7) is 2.14. The number of carbonyl (C=O) groups is 1. The Morgan fingerprint density at radius 3 is 1.67 bits per heavy atom. The lowest BCUT2D eigenvalue weighted by molar-refractivity contribution is -0.136. The van der Waals surface area contributed by atoms with Crippen LogP contribution in [0, 0.1) is 0 Å². The molecule has 2 nitrogen and oxygen atoms in total. The van der Waals surface area contributed by atoms with Gasteiger partial charge in [-0.05, 0) is 32.1 Å². The number of carboxylic acid groups (broad SMARTS) is 1. The quantitative estimate of drug-likeness (QED) is 0.317. The highest BCUT2D eigenvalue weighted by Crippen LogP contribution is 1.95. The fraction of sp³-hybridized carbons (Fsp3) is 0.318. The molecule has 0 aliphatic carbocycles. The second-order valence-electron chi connectivity index (χ2n) is 5.09. The number of carboxylic acids is 1. The maximum absolute atomic E-state index is 10.3. The Morgan fingerprint density at radius 1 is 0.667 bits per heavy atom. The Balaban J connectivity index is 3.66. The van der Waals surface area contributed by atoms with Gasteiger partial charge in [0.1, 0.15) is 0 Å². The molecule has 0 aromatic carbocycles. The van der Waals surface area contributed by atoms with Crippen LogP contribution < -0.4 is 0 Å². The Hall–Kier alpha value is -2.35. The van der Waals surface area contributed by atoms with Crippen molar-refractivity contribution in [2.45, 2.75) is 45.4 Å². The molecule has 0 saturated carbocycles. The summed E-state index contributed by atoms with van der Waals surface area (Å²) >= 11 is 0. The molecule has 0 fully saturated rings. The molecule has 0 aromatic rings. The molecular formula is C22H30O2. The second kappa shape index (κ2) is 18.7. The zero-order valence-corrected chi connectivity index (χ0v) is 14.7. The third-order valence-electron chi connectivity index (χ3n) is 2.90. The van der Waals surface area contributed by atoms with Crippen LogP contribution in [0.2, 0.25) is 0 Å². The predicted octanol–water partition coefficient (Wildman–Crippen LogP) is 6.32. The molecule has 0 aliphatic heterocycles. The van der Waals surface area contributed by atoms with E-state index < -0.39 is 5.97 Å². The van der Waals surface area contributed by atoms with Crippen molar-refractivity contribution in [2.24, 2.45) is 0 Å². The lowest BCUT2D eigenvalue weighted by Gasteiger charge is -1.86. The first-order valence-corrected chi connectivity index (χ1v) is 8.59. The molecule has 0 saturated heterocycles. The van der Waals surface area contributed by atoms with E-state index in [0.29, 0.717) is 6.42 Å². The highest BCUT2D eigenvalue weighted by atomic mass is 16.4. The van der Waals surface area contributed by atoms with Gasteiger partial charge < -0.3 is 5.11 Å². The minimum Gasteiger partial charge on any atom is -0.481 e. The smallest absolute Gasteiger partial charge is 0.303 e. The molecule has 1 N–H and O–H groups in total. The second-order valence-corrected chi connectivity index (χ2v) is 5.09. The van der Waals surface area contributed by atoms with Crippen LogP contribution in [0.4, 0.5) is 0 Å². The first kappa shape index (κ1) is 21.6. The first-order valence-electron chi connectivity index (χ1n) is 8.59. The lowest BCUT2D eigenvalue weighted by Crippen LogP contribution is -1.91. The van der Waals surface area contributed by atoms with Gasteiger partial charge in [0.25, 0.3) is 0 Å². The normalized spacial score (nSPS) is 13.4. The van der Waals surface area contributed by atoms with Crippen LogP contribution >= 0.6 is 0 Å². The summed E-state index contributed by atoms with van der Waals surface area (Å²) in [6, 6.07) is 0. The fourth-order valence-corrected chi connectivity index (χ4v) is 1.68. The van der Waals surface area contributed by atoms with Gasteiger partial charge in [-0.1, -0.05) is 92.0 Å². The highest BCUT2D eigenvalue weighted by Gasteiger charge is 1.90. The minimum atomic E-state index is -0.751. The van der Waals surface area contributed by atoms with Gasteiger partial charge in [-0.2, -0.15) is 0 Å². The Morgan fingerprint density at radius 2 is 1.12 bits per heavy atom. The minimum absolute atomic E-state index is 0.199. The van der Waals surface area contributed by atoms with Crippen molar-refractivity contribution in [3.05, 3.63) is 85.1 Å². The van der Waals surface area contributed by atoms with Crippen LogP contribution in [0.3, 0.4) is 0 Å². The van der Waals surface area contributed by atoms with Crippen LogP contribution in [0.15, 0.2) is 85.1 Å². The molecule has 0 radical (unpaired) electrons. The molecule has 130 valence electrons. The summed E-state index contributed by atoms with van der Waals surface area (Å²) in [5.74, 6) is -0.751. The summed E-state index contributed by atoms with van der Waals surface area (Å²) in [5, 5.41) is 8.48. The van der Waals surface area contributed by atoms with Crippen molar-refractivity contribution in [3.8, 4) is 0 Å². The fourth-order valence-electron chi connectivity index (χ4n) is 1.68. The van der Waals surface area contributed by atoms with E-state index in [4.69, 9.17) is 5.11 Å². The molecule has 0 amide bonds. The topological polar surface area (TPSA) is 37.3 Å². The number of allylic oxidation sites excluding steroid dienone is 14. The molecule has 2 heteroatoms. The van der Waals surface area contributed by atoms with E-state index in [9.17, 15) is 4.79 Å². The molecular weight excluding hydrogens is 296 g/mol. The van der Waals surface area contributed by atoms with Crippen LogP contribution in [0.5, 0.6) is 0 Å². The van der Waals surface area contributed by atoms with E-state index in [-0.39, 0.29) is 6.42 Å². The van der Waals surface area contributed by atoms with Gasteiger partial charge in [-0.25, -0.2) is 0 Å². The van der Waals surface area contributed by atoms with Gasteiger partial charge in [0.2, 0.25) is 0 Å². The summed E-state index contributed by atoms with van der Waals surface area (Å²) in [7, 11) is 0. The Kier molecular flexibility index (Phi) is 16.9. The van der Waals surface area contributed by atoms with Crippen molar-refractivity contribution in [1.29, 1.82) is 0 Å². The largest absolute Gasteiger partial charge is 0.481 e. The zero-order valence-electron chi connectivity index (χ0n) is 14.7. The molecule has 0 aliphatic rings. The molecule has 0 spiro atoms. The summed E-state index contributed by atoms with van der Waals surface area (Å²) in [4.78, 5) is 10.3. The molecule has 24 heavy (non-hydrogen) atoms. The maximum atomic E-state index is 10.3. The van der Waals surface area contributed by atoms with Crippen molar-refractivity contribution in [3.63, 3.8) is 0 Å². The van der Waals surface area contributed by atoms with E-state index >= 15 is 0 Å². The number of rotatable bonds is 13. The van der Waals surface area contributed by atoms with Gasteiger partial charge in [-0.3, -0.25) is 4.79 Å². The summed E-state index contributed by atoms with van der Waals surface area (Å²) in [5.41, 5.74) is 0. The van der Waals surface area contributed by atoms with Gasteiger partial charge in [0.15, 0.2) is 0 Å². The third-order valence-corrected chi connectivity index (χ3v) is 2.90. The van der Waals surface area contributed by atoms with E-state index in [1.54, 1.807) is 0 Å². The average Bonchev–Trinajstić information content (AvgIpc) is 2.56. The molecule has 0 aromatic heterocycles. The standard InChI is InChI=1S/C22H30O2/c1-2-3-4-5-6-7-8-9-10-11-12-13-14-15-16-17-18-19-20-21-22(23)24/h3-4,6-7,9-16,18-19H,2,5,8,17,20-21H2,1H3,(H,23,24)/b4-3-,7-6-,10-9-,12-11+,14-13+,16-15-,19-18-. The van der Waals surface area contributed by atoms with Crippen molar-refractivity contribution >= 4 is 5.97 Å². The van der Waals surface area contributed by atoms with Gasteiger partial charge >= 0.3 is 5.97 Å². The van der Waals surface area contributed by atoms with Gasteiger partial charge in [0.05, 0.1) is 0 Å². The number of aliphatic carboxylic acids is 1. The summed E-state index contributed by atoms with van der Waals surface area (Å²) < 4.78 is 0. The highest BCUT2D eigenvalue weighted by molar-refractivity contribution is 5.66. The van der Waals surface area contributed by atoms with Crippen LogP contribution in [0.1, 0.15) is 45.4 Å². The Bertz CT molecular complexity index is 500. The van der Waals surface area contributed by atoms with E-state index in [1.807, 2.05) is 54.7 Å². The molecule has 0 atom stereocenters. The molecule has 0 rings (SSSR count).